The highest BCUT2D eigenvalue weighted by molar-refractivity contribution is 5.89. The summed E-state index contributed by atoms with van der Waals surface area (Å²) in [5, 5.41) is 10.9. The predicted molar refractivity (Wildman–Crippen MR) is 108 cm³/mol. The molecule has 3 rings (SSSR count). The molecule has 0 saturated carbocycles. The second kappa shape index (κ2) is 7.12. The van der Waals surface area contributed by atoms with Gasteiger partial charge in [0.15, 0.2) is 0 Å². The van der Waals surface area contributed by atoms with E-state index in [4.69, 9.17) is 4.74 Å². The summed E-state index contributed by atoms with van der Waals surface area (Å²) in [4.78, 5) is 11.8. The molecule has 0 aromatic heterocycles. The van der Waals surface area contributed by atoms with E-state index >= 15 is 0 Å². The highest BCUT2D eigenvalue weighted by Crippen LogP contribution is 2.46. The summed E-state index contributed by atoms with van der Waals surface area (Å²) in [5.41, 5.74) is 5.15. The summed E-state index contributed by atoms with van der Waals surface area (Å²) in [5.74, 6) is -0.337. The number of ether oxygens (including phenoxy) is 1. The third kappa shape index (κ3) is 3.79. The van der Waals surface area contributed by atoms with Gasteiger partial charge in [0.1, 0.15) is 6.10 Å². The van der Waals surface area contributed by atoms with E-state index < -0.39 is 6.10 Å². The SMILES string of the molecule is CCOC(=O)c1ccc(C(O)c2ccc3c(c2)C(C)(C)CCC3(C)C)cc1. The largest absolute Gasteiger partial charge is 0.462 e. The first-order valence-corrected chi connectivity index (χ1v) is 9.76. The van der Waals surface area contributed by atoms with Crippen LogP contribution in [0.5, 0.6) is 0 Å². The molecule has 1 atom stereocenters. The lowest BCUT2D eigenvalue weighted by molar-refractivity contribution is 0.0526. The molecule has 3 heteroatoms. The number of benzene rings is 2. The van der Waals surface area contributed by atoms with Crippen LogP contribution in [-0.2, 0) is 15.6 Å². The third-order valence-corrected chi connectivity index (χ3v) is 5.93. The summed E-state index contributed by atoms with van der Waals surface area (Å²) >= 11 is 0. The molecule has 1 aliphatic carbocycles. The standard InChI is InChI=1S/C24H30O3/c1-6-27-22(26)17-9-7-16(8-10-17)21(25)18-11-12-19-20(15-18)24(4,5)14-13-23(19,2)3/h7-12,15,21,25H,6,13-14H2,1-5H3. The van der Waals surface area contributed by atoms with Gasteiger partial charge in [0.05, 0.1) is 12.2 Å². The molecular weight excluding hydrogens is 336 g/mol. The number of hydrogen-bond donors (Lipinski definition) is 1. The van der Waals surface area contributed by atoms with Crippen molar-refractivity contribution in [1.29, 1.82) is 0 Å². The smallest absolute Gasteiger partial charge is 0.338 e. The lowest BCUT2D eigenvalue weighted by Crippen LogP contribution is -2.34. The molecule has 27 heavy (non-hydrogen) atoms. The Morgan fingerprint density at radius 1 is 0.963 bits per heavy atom. The predicted octanol–water partition coefficient (Wildman–Crippen LogP) is 5.29. The van der Waals surface area contributed by atoms with Gasteiger partial charge in [-0.1, -0.05) is 58.0 Å². The average molecular weight is 367 g/mol. The van der Waals surface area contributed by atoms with Crippen molar-refractivity contribution >= 4 is 5.97 Å². The zero-order valence-corrected chi connectivity index (χ0v) is 17.0. The number of aliphatic hydroxyl groups excluding tert-OH is 1. The van der Waals surface area contributed by atoms with Crippen LogP contribution in [0, 0.1) is 0 Å². The zero-order chi connectivity index (χ0) is 19.8. The number of hydrogen-bond acceptors (Lipinski definition) is 3. The summed E-state index contributed by atoms with van der Waals surface area (Å²) < 4.78 is 5.02. The Hall–Kier alpha value is -2.13. The van der Waals surface area contributed by atoms with Gasteiger partial charge in [0.2, 0.25) is 0 Å². The van der Waals surface area contributed by atoms with Crippen LogP contribution in [0.4, 0.5) is 0 Å². The summed E-state index contributed by atoms with van der Waals surface area (Å²) in [7, 11) is 0. The molecular formula is C24H30O3. The Bertz CT molecular complexity index is 831. The first kappa shape index (κ1) is 19.6. The minimum absolute atomic E-state index is 0.106. The van der Waals surface area contributed by atoms with E-state index in [2.05, 4.69) is 39.8 Å². The van der Waals surface area contributed by atoms with Crippen LogP contribution >= 0.6 is 0 Å². The molecule has 0 amide bonds. The van der Waals surface area contributed by atoms with Crippen molar-refractivity contribution in [3.05, 3.63) is 70.3 Å². The van der Waals surface area contributed by atoms with Gasteiger partial charge in [-0.15, -0.1) is 0 Å². The van der Waals surface area contributed by atoms with Gasteiger partial charge >= 0.3 is 5.97 Å². The first-order valence-electron chi connectivity index (χ1n) is 9.76. The number of rotatable bonds is 4. The van der Waals surface area contributed by atoms with Crippen molar-refractivity contribution < 1.29 is 14.6 Å². The lowest BCUT2D eigenvalue weighted by atomic mass is 9.63. The normalized spacial score (nSPS) is 18.4. The van der Waals surface area contributed by atoms with Crippen molar-refractivity contribution in [2.45, 2.75) is 64.4 Å². The fourth-order valence-electron chi connectivity index (χ4n) is 3.98. The topological polar surface area (TPSA) is 46.5 Å². The number of carbonyl (C=O) groups excluding carboxylic acids is 1. The molecule has 1 N–H and O–H groups in total. The molecule has 0 spiro atoms. The Balaban J connectivity index is 1.92. The van der Waals surface area contributed by atoms with E-state index in [0.717, 1.165) is 17.5 Å². The van der Waals surface area contributed by atoms with Crippen LogP contribution in [0.2, 0.25) is 0 Å². The third-order valence-electron chi connectivity index (χ3n) is 5.93. The fourth-order valence-corrected chi connectivity index (χ4v) is 3.98. The van der Waals surface area contributed by atoms with E-state index in [0.29, 0.717) is 12.2 Å². The van der Waals surface area contributed by atoms with Crippen molar-refractivity contribution in [3.63, 3.8) is 0 Å². The Morgan fingerprint density at radius 3 is 2.11 bits per heavy atom. The van der Waals surface area contributed by atoms with Gasteiger partial charge in [0, 0.05) is 0 Å². The first-order chi connectivity index (χ1) is 12.7. The number of carbonyl (C=O) groups is 1. The lowest BCUT2D eigenvalue weighted by Gasteiger charge is -2.42. The molecule has 2 aromatic carbocycles. The number of fused-ring (bicyclic) bond motifs is 1. The minimum atomic E-state index is -0.715. The second-order valence-corrected chi connectivity index (χ2v) is 8.82. The van der Waals surface area contributed by atoms with Gasteiger partial charge in [-0.05, 0) is 65.0 Å². The van der Waals surface area contributed by atoms with E-state index in [1.807, 2.05) is 6.07 Å². The molecule has 0 radical (unpaired) electrons. The van der Waals surface area contributed by atoms with Gasteiger partial charge in [0.25, 0.3) is 0 Å². The molecule has 3 nitrogen and oxygen atoms in total. The van der Waals surface area contributed by atoms with Crippen LogP contribution in [0.25, 0.3) is 0 Å². The van der Waals surface area contributed by atoms with Gasteiger partial charge < -0.3 is 9.84 Å². The van der Waals surface area contributed by atoms with Crippen molar-refractivity contribution in [1.82, 2.24) is 0 Å². The molecule has 0 fully saturated rings. The zero-order valence-electron chi connectivity index (χ0n) is 17.0. The molecule has 0 aliphatic heterocycles. The number of aliphatic hydroxyl groups is 1. The van der Waals surface area contributed by atoms with Gasteiger partial charge in [-0.2, -0.15) is 0 Å². The Morgan fingerprint density at radius 2 is 1.52 bits per heavy atom. The highest BCUT2D eigenvalue weighted by atomic mass is 16.5. The van der Waals surface area contributed by atoms with Crippen LogP contribution in [0.15, 0.2) is 42.5 Å². The summed E-state index contributed by atoms with van der Waals surface area (Å²) in [6, 6.07) is 13.4. The van der Waals surface area contributed by atoms with Crippen LogP contribution in [0.3, 0.4) is 0 Å². The quantitative estimate of drug-likeness (QED) is 0.748. The highest BCUT2D eigenvalue weighted by Gasteiger charge is 2.37. The molecule has 0 bridgehead atoms. The molecule has 144 valence electrons. The van der Waals surface area contributed by atoms with Crippen molar-refractivity contribution in [3.8, 4) is 0 Å². The monoisotopic (exact) mass is 366 g/mol. The van der Waals surface area contributed by atoms with Crippen LogP contribution < -0.4 is 0 Å². The van der Waals surface area contributed by atoms with Gasteiger partial charge in [-0.3, -0.25) is 0 Å². The summed E-state index contributed by atoms with van der Waals surface area (Å²) in [6.07, 6.45) is 1.60. The van der Waals surface area contributed by atoms with E-state index in [-0.39, 0.29) is 16.8 Å². The molecule has 1 aliphatic rings. The van der Waals surface area contributed by atoms with Crippen LogP contribution in [0.1, 0.15) is 86.2 Å². The van der Waals surface area contributed by atoms with Crippen molar-refractivity contribution in [2.24, 2.45) is 0 Å². The van der Waals surface area contributed by atoms with Crippen molar-refractivity contribution in [2.75, 3.05) is 6.61 Å². The maximum atomic E-state index is 11.8. The fraction of sp³-hybridized carbons (Fsp3) is 0.458. The van der Waals surface area contributed by atoms with E-state index in [9.17, 15) is 9.90 Å². The van der Waals surface area contributed by atoms with E-state index in [1.54, 1.807) is 31.2 Å². The summed E-state index contributed by atoms with van der Waals surface area (Å²) in [6.45, 7) is 11.3. The van der Waals surface area contributed by atoms with Gasteiger partial charge in [-0.25, -0.2) is 4.79 Å². The molecule has 2 aromatic rings. The van der Waals surface area contributed by atoms with Crippen LogP contribution in [-0.4, -0.2) is 17.7 Å². The Kier molecular flexibility index (Phi) is 5.18. The molecule has 1 unspecified atom stereocenters. The maximum Gasteiger partial charge on any atom is 0.338 e. The molecule has 0 heterocycles. The maximum absolute atomic E-state index is 11.8. The minimum Gasteiger partial charge on any atom is -0.462 e. The molecule has 0 saturated heterocycles. The average Bonchev–Trinajstić information content (AvgIpc) is 2.65. The number of esters is 1. The van der Waals surface area contributed by atoms with E-state index in [1.165, 1.54) is 17.5 Å². The second-order valence-electron chi connectivity index (χ2n) is 8.82. The Labute approximate surface area is 162 Å².